The normalized spacial score (nSPS) is 16.9. The predicted molar refractivity (Wildman–Crippen MR) is 131 cm³/mol. The van der Waals surface area contributed by atoms with Gasteiger partial charge < -0.3 is 15.5 Å². The van der Waals surface area contributed by atoms with Gasteiger partial charge in [-0.15, -0.1) is 0 Å². The first-order valence-electron chi connectivity index (χ1n) is 12.2. The van der Waals surface area contributed by atoms with E-state index in [4.69, 9.17) is 0 Å². The third kappa shape index (κ3) is 7.44. The predicted octanol–water partition coefficient (Wildman–Crippen LogP) is 5.16. The molecule has 0 aromatic heterocycles. The van der Waals surface area contributed by atoms with Crippen LogP contribution in [0.15, 0.2) is 54.6 Å². The number of carbonyl (C=O) groups excluding carboxylic acids is 1. The van der Waals surface area contributed by atoms with Gasteiger partial charge in [0, 0.05) is 12.5 Å². The average Bonchev–Trinajstić information content (AvgIpc) is 2.83. The Morgan fingerprint density at radius 2 is 1.50 bits per heavy atom. The highest BCUT2D eigenvalue weighted by Crippen LogP contribution is 2.32. The molecule has 0 bridgehead atoms. The number of carbonyl (C=O) groups is 3. The molecule has 3 atom stereocenters. The summed E-state index contributed by atoms with van der Waals surface area (Å²) in [6.45, 7) is 1.63. The summed E-state index contributed by atoms with van der Waals surface area (Å²) in [4.78, 5) is 36.2. The van der Waals surface area contributed by atoms with E-state index in [1.807, 2.05) is 54.6 Å². The van der Waals surface area contributed by atoms with Crippen molar-refractivity contribution >= 4 is 17.8 Å². The number of nitrogens with one attached hydrogen (secondary N) is 1. The summed E-state index contributed by atoms with van der Waals surface area (Å²) in [7, 11) is 0. The number of amides is 1. The maximum absolute atomic E-state index is 12.9. The van der Waals surface area contributed by atoms with Gasteiger partial charge in [-0.2, -0.15) is 0 Å². The second kappa shape index (κ2) is 12.4. The number of hydrogen-bond donors (Lipinski definition) is 3. The first-order chi connectivity index (χ1) is 16.3. The monoisotopic (exact) mass is 465 g/mol. The van der Waals surface area contributed by atoms with Crippen molar-refractivity contribution in [3.63, 3.8) is 0 Å². The lowest BCUT2D eigenvalue weighted by atomic mass is 9.78. The molecular weight excluding hydrogens is 430 g/mol. The van der Waals surface area contributed by atoms with Crippen molar-refractivity contribution < 1.29 is 24.6 Å². The van der Waals surface area contributed by atoms with E-state index >= 15 is 0 Å². The minimum absolute atomic E-state index is 0.0268. The van der Waals surface area contributed by atoms with Crippen LogP contribution in [0, 0.1) is 17.8 Å². The van der Waals surface area contributed by atoms with Crippen LogP contribution in [-0.4, -0.2) is 34.1 Å². The number of hydrogen-bond acceptors (Lipinski definition) is 3. The number of carboxylic acid groups (broad SMARTS) is 2. The minimum Gasteiger partial charge on any atom is -0.481 e. The van der Waals surface area contributed by atoms with Crippen molar-refractivity contribution in [1.82, 2.24) is 5.32 Å². The molecule has 0 aliphatic heterocycles. The lowest BCUT2D eigenvalue weighted by molar-refractivity contribution is -0.146. The van der Waals surface area contributed by atoms with Gasteiger partial charge in [0.25, 0.3) is 0 Å². The molecule has 2 aromatic carbocycles. The van der Waals surface area contributed by atoms with Crippen LogP contribution in [0.3, 0.4) is 0 Å². The zero-order chi connectivity index (χ0) is 24.5. The van der Waals surface area contributed by atoms with Gasteiger partial charge >= 0.3 is 11.9 Å². The molecule has 1 saturated carbocycles. The molecule has 0 unspecified atom stereocenters. The molecule has 182 valence electrons. The number of carboxylic acids is 2. The Morgan fingerprint density at radius 3 is 2.09 bits per heavy atom. The molecule has 3 rings (SSSR count). The van der Waals surface area contributed by atoms with Gasteiger partial charge in [-0.25, -0.2) is 0 Å². The molecule has 0 heterocycles. The second-order valence-electron chi connectivity index (χ2n) is 9.55. The first kappa shape index (κ1) is 25.5. The summed E-state index contributed by atoms with van der Waals surface area (Å²) in [6, 6.07) is 17.7. The number of rotatable bonds is 11. The summed E-state index contributed by atoms with van der Waals surface area (Å²) in [5, 5.41) is 22.1. The van der Waals surface area contributed by atoms with E-state index in [2.05, 4.69) is 5.32 Å². The molecule has 2 aromatic rings. The SMILES string of the molecule is C[C@H](C[C@@H](Cc1ccc(-c2ccccc2)cc1)NC(=O)C[C@H](C(=O)O)C1CCCCC1)C(=O)O. The maximum Gasteiger partial charge on any atom is 0.307 e. The van der Waals surface area contributed by atoms with Gasteiger partial charge in [0.05, 0.1) is 11.8 Å². The smallest absolute Gasteiger partial charge is 0.307 e. The van der Waals surface area contributed by atoms with Crippen molar-refractivity contribution in [2.45, 2.75) is 64.3 Å². The first-order valence-corrected chi connectivity index (χ1v) is 12.2. The Hall–Kier alpha value is -3.15. The lowest BCUT2D eigenvalue weighted by Crippen LogP contribution is -2.41. The van der Waals surface area contributed by atoms with Crippen molar-refractivity contribution in [2.75, 3.05) is 0 Å². The van der Waals surface area contributed by atoms with E-state index in [0.29, 0.717) is 6.42 Å². The molecule has 0 saturated heterocycles. The van der Waals surface area contributed by atoms with Gasteiger partial charge in [0.1, 0.15) is 0 Å². The Bertz CT molecular complexity index is 951. The number of benzene rings is 2. The summed E-state index contributed by atoms with van der Waals surface area (Å²) in [5.41, 5.74) is 3.19. The van der Waals surface area contributed by atoms with E-state index in [0.717, 1.165) is 48.8 Å². The molecule has 0 spiro atoms. The van der Waals surface area contributed by atoms with Gasteiger partial charge in [0.2, 0.25) is 5.91 Å². The molecule has 1 aliphatic rings. The zero-order valence-corrected chi connectivity index (χ0v) is 19.8. The lowest BCUT2D eigenvalue weighted by Gasteiger charge is -2.28. The molecule has 1 aliphatic carbocycles. The van der Waals surface area contributed by atoms with Crippen molar-refractivity contribution in [1.29, 1.82) is 0 Å². The van der Waals surface area contributed by atoms with Crippen LogP contribution >= 0.6 is 0 Å². The van der Waals surface area contributed by atoms with Gasteiger partial charge in [-0.3, -0.25) is 14.4 Å². The molecule has 3 N–H and O–H groups in total. The van der Waals surface area contributed by atoms with Crippen LogP contribution in [-0.2, 0) is 20.8 Å². The van der Waals surface area contributed by atoms with Crippen molar-refractivity contribution in [3.8, 4) is 11.1 Å². The fourth-order valence-electron chi connectivity index (χ4n) is 4.95. The molecule has 6 heteroatoms. The third-order valence-electron chi connectivity index (χ3n) is 6.91. The highest BCUT2D eigenvalue weighted by molar-refractivity contribution is 5.82. The van der Waals surface area contributed by atoms with Gasteiger partial charge in [0.15, 0.2) is 0 Å². The van der Waals surface area contributed by atoms with E-state index in [9.17, 15) is 24.6 Å². The summed E-state index contributed by atoms with van der Waals surface area (Å²) in [6.07, 6.45) is 5.52. The largest absolute Gasteiger partial charge is 0.481 e. The second-order valence-corrected chi connectivity index (χ2v) is 9.55. The topological polar surface area (TPSA) is 104 Å². The quantitative estimate of drug-likeness (QED) is 0.425. The third-order valence-corrected chi connectivity index (χ3v) is 6.91. The molecule has 34 heavy (non-hydrogen) atoms. The Labute approximate surface area is 201 Å². The molecule has 0 radical (unpaired) electrons. The average molecular weight is 466 g/mol. The van der Waals surface area contributed by atoms with Crippen LogP contribution in [0.1, 0.15) is 57.4 Å². The zero-order valence-electron chi connectivity index (χ0n) is 19.8. The van der Waals surface area contributed by atoms with Gasteiger partial charge in [-0.1, -0.05) is 80.8 Å². The van der Waals surface area contributed by atoms with E-state index in [1.54, 1.807) is 6.92 Å². The van der Waals surface area contributed by atoms with E-state index < -0.39 is 23.8 Å². The Balaban J connectivity index is 1.68. The van der Waals surface area contributed by atoms with Crippen molar-refractivity contribution in [3.05, 3.63) is 60.2 Å². The van der Waals surface area contributed by atoms with Crippen LogP contribution in [0.5, 0.6) is 0 Å². The molecular formula is C28H35NO5. The van der Waals surface area contributed by atoms with Crippen LogP contribution in [0.4, 0.5) is 0 Å². The van der Waals surface area contributed by atoms with Crippen LogP contribution in [0.25, 0.3) is 11.1 Å². The van der Waals surface area contributed by atoms with E-state index in [1.165, 1.54) is 0 Å². The van der Waals surface area contributed by atoms with E-state index in [-0.39, 0.29) is 30.7 Å². The molecule has 1 amide bonds. The highest BCUT2D eigenvalue weighted by Gasteiger charge is 2.32. The fraction of sp³-hybridized carbons (Fsp3) is 0.464. The standard InChI is InChI=1S/C28H35NO5/c1-19(27(31)32)16-24(17-20-12-14-22(15-13-20)21-8-4-2-5-9-21)29-26(30)18-25(28(33)34)23-10-6-3-7-11-23/h2,4-5,8-9,12-15,19,23-25H,3,6-7,10-11,16-18H2,1H3,(H,29,30)(H,31,32)(H,33,34)/t19-,24+,25+/m1/s1. The number of aliphatic carboxylic acids is 2. The molecule has 6 nitrogen and oxygen atoms in total. The summed E-state index contributed by atoms with van der Waals surface area (Å²) in [5.74, 6) is -3.44. The summed E-state index contributed by atoms with van der Waals surface area (Å²) >= 11 is 0. The fourth-order valence-corrected chi connectivity index (χ4v) is 4.95. The molecule has 1 fully saturated rings. The maximum atomic E-state index is 12.9. The van der Waals surface area contributed by atoms with Crippen LogP contribution in [0.2, 0.25) is 0 Å². The highest BCUT2D eigenvalue weighted by atomic mass is 16.4. The Kier molecular flexibility index (Phi) is 9.25. The van der Waals surface area contributed by atoms with Crippen LogP contribution < -0.4 is 5.32 Å². The van der Waals surface area contributed by atoms with Crippen molar-refractivity contribution in [2.24, 2.45) is 17.8 Å². The Morgan fingerprint density at radius 1 is 0.882 bits per heavy atom. The van der Waals surface area contributed by atoms with Gasteiger partial charge in [-0.05, 0) is 48.3 Å². The minimum atomic E-state index is -0.922. The summed E-state index contributed by atoms with van der Waals surface area (Å²) < 4.78 is 0.